The third-order valence-corrected chi connectivity index (χ3v) is 3.77. The maximum absolute atomic E-state index is 14.5. The van der Waals surface area contributed by atoms with Gasteiger partial charge in [0.2, 0.25) is 0 Å². The molecule has 2 aromatic heterocycles. The monoisotopic (exact) mass is 348 g/mol. The second kappa shape index (κ2) is 6.16. The number of rotatable bonds is 1. The quantitative estimate of drug-likeness (QED) is 0.536. The predicted molar refractivity (Wildman–Crippen MR) is 89.6 cm³/mol. The van der Waals surface area contributed by atoms with Crippen molar-refractivity contribution in [1.29, 1.82) is 0 Å². The maximum Gasteiger partial charge on any atom is 0.331 e. The van der Waals surface area contributed by atoms with Gasteiger partial charge in [0.15, 0.2) is 17.2 Å². The highest BCUT2D eigenvalue weighted by Gasteiger charge is 2.24. The largest absolute Gasteiger partial charge is 0.462 e. The Kier molecular flexibility index (Phi) is 4.16. The highest BCUT2D eigenvalue weighted by atomic mass is 19.2. The van der Waals surface area contributed by atoms with Crippen molar-refractivity contribution in [3.05, 3.63) is 64.0 Å². The van der Waals surface area contributed by atoms with E-state index in [1.807, 2.05) is 13.8 Å². The van der Waals surface area contributed by atoms with Gasteiger partial charge < -0.3 is 9.40 Å². The van der Waals surface area contributed by atoms with Crippen molar-refractivity contribution in [2.45, 2.75) is 20.8 Å². The molecule has 4 nitrogen and oxygen atoms in total. The van der Waals surface area contributed by atoms with Gasteiger partial charge in [-0.2, -0.15) is 0 Å². The molecular weight excluding hydrogens is 333 g/mol. The zero-order chi connectivity index (χ0) is 18.3. The van der Waals surface area contributed by atoms with Gasteiger partial charge in [-0.15, -0.1) is 0 Å². The van der Waals surface area contributed by atoms with Gasteiger partial charge in [0, 0.05) is 0 Å². The van der Waals surface area contributed by atoms with Gasteiger partial charge >= 0.3 is 5.69 Å². The van der Waals surface area contributed by atoms with Crippen molar-refractivity contribution in [3.8, 4) is 5.69 Å². The molecule has 2 aromatic carbocycles. The number of aromatic amines is 1. The molecular formula is C18H15F3N2O2. The van der Waals surface area contributed by atoms with Gasteiger partial charge in [0.25, 0.3) is 0 Å². The fourth-order valence-corrected chi connectivity index (χ4v) is 2.73. The molecule has 130 valence electrons. The van der Waals surface area contributed by atoms with E-state index < -0.39 is 28.7 Å². The number of hydrogen-bond donors (Lipinski definition) is 1. The normalized spacial score (nSPS) is 11.0. The molecule has 0 atom stereocenters. The second-order valence-electron chi connectivity index (χ2n) is 5.24. The molecule has 0 aliphatic carbocycles. The molecule has 25 heavy (non-hydrogen) atoms. The molecule has 0 radical (unpaired) electrons. The summed E-state index contributed by atoms with van der Waals surface area (Å²) in [6.45, 7) is 5.68. The number of benzene rings is 2. The Morgan fingerprint density at radius 1 is 1.08 bits per heavy atom. The number of imidazole rings is 1. The van der Waals surface area contributed by atoms with E-state index in [0.29, 0.717) is 5.56 Å². The van der Waals surface area contributed by atoms with Crippen LogP contribution in [0.4, 0.5) is 13.2 Å². The molecule has 4 rings (SSSR count). The fraction of sp³-hybridized carbons (Fsp3) is 0.167. The van der Waals surface area contributed by atoms with Crippen LogP contribution >= 0.6 is 0 Å². The summed E-state index contributed by atoms with van der Waals surface area (Å²) in [5.41, 5.74) is -0.728. The highest BCUT2D eigenvalue weighted by molar-refractivity contribution is 6.01. The van der Waals surface area contributed by atoms with Crippen molar-refractivity contribution < 1.29 is 17.6 Å². The Balaban J connectivity index is 0.000000880. The summed E-state index contributed by atoms with van der Waals surface area (Å²) in [5, 5.41) is -0.0900. The van der Waals surface area contributed by atoms with Crippen LogP contribution in [0.15, 0.2) is 39.7 Å². The lowest BCUT2D eigenvalue weighted by molar-refractivity contribution is 0.520. The van der Waals surface area contributed by atoms with Crippen LogP contribution in [0.2, 0.25) is 0 Å². The molecule has 1 N–H and O–H groups in total. The summed E-state index contributed by atoms with van der Waals surface area (Å²) in [6.07, 6.45) is 1.19. The summed E-state index contributed by atoms with van der Waals surface area (Å²) in [4.78, 5) is 14.6. The van der Waals surface area contributed by atoms with Gasteiger partial charge in [-0.05, 0) is 30.7 Å². The van der Waals surface area contributed by atoms with Gasteiger partial charge in [-0.3, -0.25) is 4.57 Å². The standard InChI is InChI=1S/C16H9F3N2O2.C2H6/c1-7-2-3-10(9(17)6-7)21-14-12(19)11(18)8-4-5-23-15(8)13(14)20-16(21)22;1-2/h2-6H,1H3,(H,20,22);1-2H3. The summed E-state index contributed by atoms with van der Waals surface area (Å²) >= 11 is 0. The smallest absolute Gasteiger partial charge is 0.331 e. The molecule has 0 saturated heterocycles. The van der Waals surface area contributed by atoms with E-state index in [0.717, 1.165) is 4.57 Å². The third-order valence-electron chi connectivity index (χ3n) is 3.77. The predicted octanol–water partition coefficient (Wildman–Crippen LogP) is 4.82. The van der Waals surface area contributed by atoms with E-state index in [-0.39, 0.29) is 22.2 Å². The molecule has 0 aliphatic rings. The van der Waals surface area contributed by atoms with Crippen molar-refractivity contribution >= 4 is 22.0 Å². The zero-order valence-electron chi connectivity index (χ0n) is 13.8. The minimum atomic E-state index is -1.24. The van der Waals surface area contributed by atoms with Gasteiger partial charge in [0.05, 0.1) is 17.3 Å². The highest BCUT2D eigenvalue weighted by Crippen LogP contribution is 2.31. The first-order valence-corrected chi connectivity index (χ1v) is 7.74. The number of aryl methyl sites for hydroxylation is 1. The Bertz CT molecular complexity index is 1140. The van der Waals surface area contributed by atoms with Crippen LogP contribution in [-0.2, 0) is 0 Å². The SMILES string of the molecule is CC.Cc1ccc(-n2c(=O)[nH]c3c4occc4c(F)c(F)c32)c(F)c1. The number of nitrogens with one attached hydrogen (secondary N) is 1. The molecule has 0 fully saturated rings. The van der Waals surface area contributed by atoms with E-state index in [4.69, 9.17) is 4.42 Å². The zero-order valence-corrected chi connectivity index (χ0v) is 13.8. The molecule has 0 spiro atoms. The number of H-pyrrole nitrogens is 1. The summed E-state index contributed by atoms with van der Waals surface area (Å²) in [5.74, 6) is -3.11. The molecule has 0 amide bonds. The number of aromatic nitrogens is 2. The fourth-order valence-electron chi connectivity index (χ4n) is 2.73. The molecule has 0 saturated carbocycles. The molecule has 0 bridgehead atoms. The van der Waals surface area contributed by atoms with Gasteiger partial charge in [-0.25, -0.2) is 18.0 Å². The van der Waals surface area contributed by atoms with Gasteiger partial charge in [-0.1, -0.05) is 19.9 Å². The number of fused-ring (bicyclic) bond motifs is 3. The first-order chi connectivity index (χ1) is 12.0. The topological polar surface area (TPSA) is 50.9 Å². The number of furan rings is 1. The van der Waals surface area contributed by atoms with Gasteiger partial charge in [0.1, 0.15) is 16.9 Å². The number of hydrogen-bond acceptors (Lipinski definition) is 2. The van der Waals surface area contributed by atoms with Crippen LogP contribution in [0.25, 0.3) is 27.7 Å². The Hall–Kier alpha value is -2.96. The second-order valence-corrected chi connectivity index (χ2v) is 5.24. The van der Waals surface area contributed by atoms with Crippen LogP contribution in [0, 0.1) is 24.4 Å². The molecule has 2 heterocycles. The van der Waals surface area contributed by atoms with Crippen LogP contribution in [-0.4, -0.2) is 9.55 Å². The van der Waals surface area contributed by atoms with Crippen molar-refractivity contribution in [1.82, 2.24) is 9.55 Å². The summed E-state index contributed by atoms with van der Waals surface area (Å²) < 4.78 is 48.7. The summed E-state index contributed by atoms with van der Waals surface area (Å²) in [7, 11) is 0. The third kappa shape index (κ3) is 2.43. The minimum absolute atomic E-state index is 0.00210. The number of halogens is 3. The first-order valence-electron chi connectivity index (χ1n) is 7.74. The molecule has 0 aliphatic heterocycles. The van der Waals surface area contributed by atoms with E-state index in [2.05, 4.69) is 4.98 Å². The van der Waals surface area contributed by atoms with Crippen molar-refractivity contribution in [3.63, 3.8) is 0 Å². The van der Waals surface area contributed by atoms with E-state index in [1.54, 1.807) is 13.0 Å². The van der Waals surface area contributed by atoms with Crippen LogP contribution in [0.1, 0.15) is 19.4 Å². The number of nitrogens with zero attached hydrogens (tertiary/aromatic N) is 1. The maximum atomic E-state index is 14.5. The average Bonchev–Trinajstić information content (AvgIpc) is 3.20. The lowest BCUT2D eigenvalue weighted by Crippen LogP contribution is -2.16. The van der Waals surface area contributed by atoms with E-state index in [1.165, 1.54) is 24.5 Å². The molecule has 7 heteroatoms. The Morgan fingerprint density at radius 2 is 1.80 bits per heavy atom. The molecule has 0 unspecified atom stereocenters. The van der Waals surface area contributed by atoms with Crippen LogP contribution in [0.5, 0.6) is 0 Å². The van der Waals surface area contributed by atoms with Crippen LogP contribution < -0.4 is 5.69 Å². The van der Waals surface area contributed by atoms with Crippen LogP contribution in [0.3, 0.4) is 0 Å². The Morgan fingerprint density at radius 3 is 2.48 bits per heavy atom. The lowest BCUT2D eigenvalue weighted by Gasteiger charge is -2.07. The minimum Gasteiger partial charge on any atom is -0.462 e. The summed E-state index contributed by atoms with van der Waals surface area (Å²) in [6, 6.07) is 5.38. The first kappa shape index (κ1) is 16.9. The van der Waals surface area contributed by atoms with Crippen molar-refractivity contribution in [2.75, 3.05) is 0 Å². The Labute approximate surface area is 140 Å². The average molecular weight is 348 g/mol. The van der Waals surface area contributed by atoms with E-state index >= 15 is 0 Å². The van der Waals surface area contributed by atoms with Crippen molar-refractivity contribution in [2.24, 2.45) is 0 Å². The lowest BCUT2D eigenvalue weighted by atomic mass is 10.2. The molecule has 4 aromatic rings. The van der Waals surface area contributed by atoms with E-state index in [9.17, 15) is 18.0 Å².